The van der Waals surface area contributed by atoms with E-state index in [2.05, 4.69) is 14.8 Å². The first-order valence-corrected chi connectivity index (χ1v) is 12.3. The number of amides is 1. The summed E-state index contributed by atoms with van der Waals surface area (Å²) in [6.45, 7) is 5.17. The molecular weight excluding hydrogens is 522 g/mol. The summed E-state index contributed by atoms with van der Waals surface area (Å²) in [7, 11) is 3.48. The van der Waals surface area contributed by atoms with Crippen molar-refractivity contribution < 1.29 is 31.1 Å². The largest absolute Gasteiger partial charge is 0.416 e. The lowest BCUT2D eigenvalue weighted by Crippen LogP contribution is -2.44. The second-order valence-corrected chi connectivity index (χ2v) is 9.71. The number of alkyl halides is 6. The topological polar surface area (TPSA) is 39.7 Å². The second kappa shape index (κ2) is 10.9. The van der Waals surface area contributed by atoms with E-state index in [1.165, 1.54) is 18.1 Å². The number of likely N-dealkylation sites (N-methyl/N-ethyl adjacent to an activating group) is 2. The predicted octanol–water partition coefficient (Wildman–Crippen LogP) is 6.05. The van der Waals surface area contributed by atoms with Crippen molar-refractivity contribution in [3.63, 3.8) is 0 Å². The minimum Gasteiger partial charge on any atom is -0.354 e. The second-order valence-electron chi connectivity index (χ2n) is 9.71. The molecule has 1 aliphatic rings. The first-order chi connectivity index (χ1) is 18.2. The number of aromatic nitrogens is 1. The zero-order valence-electron chi connectivity index (χ0n) is 21.7. The first-order valence-electron chi connectivity index (χ1n) is 12.3. The van der Waals surface area contributed by atoms with E-state index in [9.17, 15) is 31.1 Å². The minimum atomic E-state index is -4.99. The van der Waals surface area contributed by atoms with Gasteiger partial charge in [-0.15, -0.1) is 0 Å². The number of carbonyl (C=O) groups excluding carboxylic acids is 1. The first kappa shape index (κ1) is 28.4. The Labute approximate surface area is 222 Å². The molecule has 208 valence electrons. The van der Waals surface area contributed by atoms with Crippen LogP contribution in [0, 0.1) is 6.92 Å². The monoisotopic (exact) mass is 550 g/mol. The molecule has 1 saturated heterocycles. The van der Waals surface area contributed by atoms with Crippen molar-refractivity contribution in [2.24, 2.45) is 0 Å². The van der Waals surface area contributed by atoms with Crippen molar-refractivity contribution in [1.82, 2.24) is 9.88 Å². The molecule has 4 rings (SSSR count). The van der Waals surface area contributed by atoms with E-state index in [4.69, 9.17) is 0 Å². The maximum Gasteiger partial charge on any atom is 0.416 e. The molecule has 1 aliphatic heterocycles. The van der Waals surface area contributed by atoms with E-state index < -0.39 is 35.8 Å². The number of nitrogens with zero attached hydrogens (tertiary/aromatic N) is 4. The van der Waals surface area contributed by atoms with E-state index in [0.717, 1.165) is 43.1 Å². The molecule has 3 aromatic rings. The van der Waals surface area contributed by atoms with Crippen molar-refractivity contribution in [1.29, 1.82) is 0 Å². The van der Waals surface area contributed by atoms with E-state index in [1.807, 2.05) is 44.3 Å². The SMILES string of the molecule is Cc1ccccc1-c1cc(N2CCN(C)CC2)ncc1N(C)C(=O)Cc1cc(C(F)(F)F)cc(C(F)(F)F)c1. The van der Waals surface area contributed by atoms with E-state index >= 15 is 0 Å². The number of benzene rings is 2. The van der Waals surface area contributed by atoms with Crippen LogP contribution in [-0.2, 0) is 23.6 Å². The van der Waals surface area contributed by atoms with Crippen LogP contribution in [0.4, 0.5) is 37.8 Å². The number of anilines is 2. The maximum atomic E-state index is 13.3. The van der Waals surface area contributed by atoms with Gasteiger partial charge in [-0.05, 0) is 54.9 Å². The average molecular weight is 551 g/mol. The summed E-state index contributed by atoms with van der Waals surface area (Å²) in [5, 5.41) is 0. The van der Waals surface area contributed by atoms with Gasteiger partial charge in [-0.3, -0.25) is 4.79 Å². The Hall–Kier alpha value is -3.60. The van der Waals surface area contributed by atoms with Gasteiger partial charge in [0.05, 0.1) is 29.4 Å². The van der Waals surface area contributed by atoms with Gasteiger partial charge in [0.25, 0.3) is 0 Å². The molecule has 1 aromatic heterocycles. The number of hydrogen-bond donors (Lipinski definition) is 0. The molecule has 0 bridgehead atoms. The van der Waals surface area contributed by atoms with Gasteiger partial charge < -0.3 is 14.7 Å². The Balaban J connectivity index is 1.70. The molecule has 2 heterocycles. The molecule has 0 atom stereocenters. The lowest BCUT2D eigenvalue weighted by atomic mass is 9.98. The van der Waals surface area contributed by atoms with Crippen LogP contribution in [-0.4, -0.2) is 56.1 Å². The van der Waals surface area contributed by atoms with Gasteiger partial charge in [0.15, 0.2) is 0 Å². The lowest BCUT2D eigenvalue weighted by molar-refractivity contribution is -0.143. The molecule has 39 heavy (non-hydrogen) atoms. The number of piperazine rings is 1. The minimum absolute atomic E-state index is 0.0506. The van der Waals surface area contributed by atoms with Crippen LogP contribution in [0.1, 0.15) is 22.3 Å². The predicted molar refractivity (Wildman–Crippen MR) is 138 cm³/mol. The highest BCUT2D eigenvalue weighted by Gasteiger charge is 2.37. The third-order valence-corrected chi connectivity index (χ3v) is 6.87. The molecular formula is C28H28F6N4O. The lowest BCUT2D eigenvalue weighted by Gasteiger charge is -2.34. The quantitative estimate of drug-likeness (QED) is 0.363. The fourth-order valence-electron chi connectivity index (χ4n) is 4.55. The zero-order valence-corrected chi connectivity index (χ0v) is 21.7. The average Bonchev–Trinajstić information content (AvgIpc) is 2.87. The molecule has 1 amide bonds. The Kier molecular flexibility index (Phi) is 7.92. The Bertz CT molecular complexity index is 1310. The Morgan fingerprint density at radius 3 is 2.05 bits per heavy atom. The van der Waals surface area contributed by atoms with Crippen LogP contribution < -0.4 is 9.80 Å². The number of rotatable bonds is 5. The zero-order chi connectivity index (χ0) is 28.5. The Morgan fingerprint density at radius 2 is 1.49 bits per heavy atom. The van der Waals surface area contributed by atoms with Crippen LogP contribution in [0.25, 0.3) is 11.1 Å². The van der Waals surface area contributed by atoms with Crippen molar-refractivity contribution in [3.05, 3.63) is 77.0 Å². The fraction of sp³-hybridized carbons (Fsp3) is 0.357. The molecule has 0 saturated carbocycles. The maximum absolute atomic E-state index is 13.3. The third-order valence-electron chi connectivity index (χ3n) is 6.87. The Morgan fingerprint density at radius 1 is 0.897 bits per heavy atom. The number of hydrogen-bond acceptors (Lipinski definition) is 4. The summed E-state index contributed by atoms with van der Waals surface area (Å²) in [5.74, 6) is 0.0464. The van der Waals surface area contributed by atoms with Crippen molar-refractivity contribution >= 4 is 17.4 Å². The number of pyridine rings is 1. The van der Waals surface area contributed by atoms with Crippen LogP contribution in [0.2, 0.25) is 0 Å². The summed E-state index contributed by atoms with van der Waals surface area (Å²) in [6.07, 6.45) is -9.12. The third kappa shape index (κ3) is 6.52. The van der Waals surface area contributed by atoms with Crippen LogP contribution in [0.3, 0.4) is 0 Å². The molecule has 1 fully saturated rings. The van der Waals surface area contributed by atoms with Crippen LogP contribution in [0.15, 0.2) is 54.7 Å². The van der Waals surface area contributed by atoms with Crippen LogP contribution in [0.5, 0.6) is 0 Å². The summed E-state index contributed by atoms with van der Waals surface area (Å²) in [6, 6.07) is 10.6. The smallest absolute Gasteiger partial charge is 0.354 e. The highest BCUT2D eigenvalue weighted by molar-refractivity contribution is 5.99. The van der Waals surface area contributed by atoms with Crippen molar-refractivity contribution in [2.45, 2.75) is 25.7 Å². The highest BCUT2D eigenvalue weighted by atomic mass is 19.4. The number of aryl methyl sites for hydroxylation is 1. The molecule has 0 unspecified atom stereocenters. The van der Waals surface area contributed by atoms with Gasteiger partial charge in [-0.2, -0.15) is 26.3 Å². The molecule has 0 radical (unpaired) electrons. The van der Waals surface area contributed by atoms with E-state index in [-0.39, 0.29) is 11.6 Å². The van der Waals surface area contributed by atoms with Crippen molar-refractivity contribution in [3.8, 4) is 11.1 Å². The molecule has 0 aliphatic carbocycles. The standard InChI is InChI=1S/C28H28F6N4O/c1-18-6-4-5-7-22(18)23-16-25(38-10-8-36(2)9-11-38)35-17-24(23)37(3)26(39)14-19-12-20(27(29,30)31)15-21(13-19)28(32,33)34/h4-7,12-13,15-17H,8-11,14H2,1-3H3. The van der Waals surface area contributed by atoms with E-state index in [0.29, 0.717) is 23.4 Å². The summed E-state index contributed by atoms with van der Waals surface area (Å²) in [5.41, 5.74) is -0.439. The van der Waals surface area contributed by atoms with Gasteiger partial charge in [-0.1, -0.05) is 24.3 Å². The van der Waals surface area contributed by atoms with Gasteiger partial charge in [0, 0.05) is 38.8 Å². The number of halogens is 6. The van der Waals surface area contributed by atoms with Gasteiger partial charge in [-0.25, -0.2) is 4.98 Å². The normalized spacial score (nSPS) is 14.9. The fourth-order valence-corrected chi connectivity index (χ4v) is 4.55. The highest BCUT2D eigenvalue weighted by Crippen LogP contribution is 2.38. The molecule has 2 aromatic carbocycles. The molecule has 0 spiro atoms. The van der Waals surface area contributed by atoms with Crippen molar-refractivity contribution in [2.75, 3.05) is 50.1 Å². The van der Waals surface area contributed by atoms with Gasteiger partial charge >= 0.3 is 12.4 Å². The summed E-state index contributed by atoms with van der Waals surface area (Å²) < 4.78 is 79.9. The summed E-state index contributed by atoms with van der Waals surface area (Å²) in [4.78, 5) is 23.4. The van der Waals surface area contributed by atoms with E-state index in [1.54, 1.807) is 0 Å². The van der Waals surface area contributed by atoms with Crippen LogP contribution >= 0.6 is 0 Å². The summed E-state index contributed by atoms with van der Waals surface area (Å²) >= 11 is 0. The molecule has 11 heteroatoms. The molecule has 5 nitrogen and oxygen atoms in total. The molecule has 0 N–H and O–H groups in total. The van der Waals surface area contributed by atoms with Gasteiger partial charge in [0.1, 0.15) is 5.82 Å². The number of carbonyl (C=O) groups is 1. The van der Waals surface area contributed by atoms with Gasteiger partial charge in [0.2, 0.25) is 5.91 Å².